The molecule has 15 heteroatoms. The van der Waals surface area contributed by atoms with Crippen molar-refractivity contribution >= 4 is 35.6 Å². The Bertz CT molecular complexity index is 871. The standard InChI is InChI=1S/C18H27N7O8/c1-8(19)15(29)24-11(4-9-6-21-7-22-9)16(30)25-12(5-14(27)28)17(31)23-10(18(32)33)2-3-13(20)26/h6-8,10-12H,2-5,19H2,1H3,(H2,20,26)(H,21,22)(H,23,31)(H,24,29)(H,25,30)(H,27,28)(H,32,33). The number of nitrogens with one attached hydrogen (secondary N) is 4. The molecule has 1 heterocycles. The molecular formula is C18H27N7O8. The predicted octanol–water partition coefficient (Wildman–Crippen LogP) is -3.42. The molecule has 0 aliphatic carbocycles. The topological polar surface area (TPSA) is 260 Å². The Hall–Kier alpha value is -4.01. The fourth-order valence-corrected chi connectivity index (χ4v) is 2.60. The monoisotopic (exact) mass is 469 g/mol. The van der Waals surface area contributed by atoms with Gasteiger partial charge in [-0.25, -0.2) is 9.78 Å². The number of primary amides is 1. The van der Waals surface area contributed by atoms with Crippen LogP contribution in [-0.2, 0) is 35.2 Å². The van der Waals surface area contributed by atoms with Gasteiger partial charge in [-0.2, -0.15) is 0 Å². The maximum absolute atomic E-state index is 12.8. The van der Waals surface area contributed by atoms with Crippen LogP contribution in [0, 0.1) is 0 Å². The van der Waals surface area contributed by atoms with Gasteiger partial charge in [0.15, 0.2) is 0 Å². The number of carbonyl (C=O) groups is 6. The lowest BCUT2D eigenvalue weighted by Crippen LogP contribution is -2.57. The molecule has 15 nitrogen and oxygen atoms in total. The van der Waals surface area contributed by atoms with E-state index in [-0.39, 0.29) is 19.3 Å². The van der Waals surface area contributed by atoms with Crippen molar-refractivity contribution in [3.05, 3.63) is 18.2 Å². The summed E-state index contributed by atoms with van der Waals surface area (Å²) in [4.78, 5) is 77.4. The van der Waals surface area contributed by atoms with Crippen molar-refractivity contribution in [2.45, 2.75) is 56.8 Å². The lowest BCUT2D eigenvalue weighted by Gasteiger charge is -2.24. The number of hydrogen-bond acceptors (Lipinski definition) is 8. The van der Waals surface area contributed by atoms with E-state index in [1.165, 1.54) is 19.4 Å². The van der Waals surface area contributed by atoms with E-state index in [1.54, 1.807) is 0 Å². The third kappa shape index (κ3) is 9.77. The summed E-state index contributed by atoms with van der Waals surface area (Å²) in [7, 11) is 0. The molecule has 10 N–H and O–H groups in total. The maximum atomic E-state index is 12.8. The van der Waals surface area contributed by atoms with E-state index in [1.807, 2.05) is 0 Å². The van der Waals surface area contributed by atoms with Gasteiger partial charge in [-0.05, 0) is 13.3 Å². The third-order valence-electron chi connectivity index (χ3n) is 4.33. The predicted molar refractivity (Wildman–Crippen MR) is 110 cm³/mol. The van der Waals surface area contributed by atoms with Crippen LogP contribution in [0.15, 0.2) is 12.5 Å². The minimum Gasteiger partial charge on any atom is -0.481 e. The van der Waals surface area contributed by atoms with Gasteiger partial charge in [0.1, 0.15) is 18.1 Å². The molecule has 1 aromatic heterocycles. The molecule has 33 heavy (non-hydrogen) atoms. The molecule has 0 aromatic carbocycles. The number of H-pyrrole nitrogens is 1. The van der Waals surface area contributed by atoms with E-state index in [4.69, 9.17) is 16.6 Å². The van der Waals surface area contributed by atoms with Crippen LogP contribution in [0.2, 0.25) is 0 Å². The number of carboxylic acids is 2. The molecule has 0 fully saturated rings. The summed E-state index contributed by atoms with van der Waals surface area (Å²) in [5.74, 6) is -6.43. The zero-order valence-corrected chi connectivity index (χ0v) is 17.7. The molecule has 0 spiro atoms. The highest BCUT2D eigenvalue weighted by Crippen LogP contribution is 2.04. The van der Waals surface area contributed by atoms with E-state index in [0.717, 1.165) is 0 Å². The fraction of sp³-hybridized carbons (Fsp3) is 0.500. The summed E-state index contributed by atoms with van der Waals surface area (Å²) >= 11 is 0. The number of amides is 4. The summed E-state index contributed by atoms with van der Waals surface area (Å²) in [5, 5.41) is 25.0. The molecule has 0 aliphatic heterocycles. The highest BCUT2D eigenvalue weighted by Gasteiger charge is 2.31. The number of carbonyl (C=O) groups excluding carboxylic acids is 4. The molecule has 4 unspecified atom stereocenters. The van der Waals surface area contributed by atoms with Crippen molar-refractivity contribution in [2.75, 3.05) is 0 Å². The first kappa shape index (κ1) is 27.0. The van der Waals surface area contributed by atoms with Crippen molar-refractivity contribution in [1.29, 1.82) is 0 Å². The Labute approximate surface area is 187 Å². The first-order valence-electron chi connectivity index (χ1n) is 9.77. The summed E-state index contributed by atoms with van der Waals surface area (Å²) in [6.45, 7) is 1.39. The minimum atomic E-state index is -1.68. The second-order valence-electron chi connectivity index (χ2n) is 7.19. The Morgan fingerprint density at radius 1 is 1.00 bits per heavy atom. The van der Waals surface area contributed by atoms with Gasteiger partial charge in [-0.3, -0.25) is 24.0 Å². The van der Waals surface area contributed by atoms with E-state index in [0.29, 0.717) is 5.69 Å². The minimum absolute atomic E-state index is 0.0813. The number of rotatable bonds is 14. The van der Waals surface area contributed by atoms with Gasteiger partial charge < -0.3 is 42.6 Å². The van der Waals surface area contributed by atoms with Crippen molar-refractivity contribution in [3.8, 4) is 0 Å². The molecule has 4 amide bonds. The van der Waals surface area contributed by atoms with Crippen LogP contribution in [0.25, 0.3) is 0 Å². The van der Waals surface area contributed by atoms with Crippen LogP contribution in [0.1, 0.15) is 31.9 Å². The van der Waals surface area contributed by atoms with Gasteiger partial charge in [0, 0.05) is 24.7 Å². The number of imidazole rings is 1. The molecule has 4 atom stereocenters. The number of aromatic amines is 1. The Kier molecular flexibility index (Phi) is 10.4. The first-order valence-corrected chi connectivity index (χ1v) is 9.77. The van der Waals surface area contributed by atoms with Gasteiger partial charge in [0.2, 0.25) is 23.6 Å². The molecule has 0 bridgehead atoms. The highest BCUT2D eigenvalue weighted by molar-refractivity contribution is 5.95. The number of aromatic nitrogens is 2. The van der Waals surface area contributed by atoms with Gasteiger partial charge in [-0.1, -0.05) is 0 Å². The van der Waals surface area contributed by atoms with Crippen LogP contribution in [0.4, 0.5) is 0 Å². The molecule has 0 saturated carbocycles. The second-order valence-corrected chi connectivity index (χ2v) is 7.19. The van der Waals surface area contributed by atoms with E-state index >= 15 is 0 Å². The Balaban J connectivity index is 3.01. The average molecular weight is 469 g/mol. The Morgan fingerprint density at radius 2 is 1.58 bits per heavy atom. The number of nitrogens with zero attached hydrogens (tertiary/aromatic N) is 1. The summed E-state index contributed by atoms with van der Waals surface area (Å²) in [6, 6.07) is -5.43. The number of hydrogen-bond donors (Lipinski definition) is 8. The van der Waals surface area contributed by atoms with Crippen molar-refractivity contribution in [1.82, 2.24) is 25.9 Å². The molecular weight excluding hydrogens is 442 g/mol. The fourth-order valence-electron chi connectivity index (χ4n) is 2.60. The molecule has 0 radical (unpaired) electrons. The van der Waals surface area contributed by atoms with Crippen molar-refractivity contribution < 1.29 is 39.0 Å². The van der Waals surface area contributed by atoms with Gasteiger partial charge in [-0.15, -0.1) is 0 Å². The summed E-state index contributed by atoms with van der Waals surface area (Å²) < 4.78 is 0. The van der Waals surface area contributed by atoms with Crippen LogP contribution >= 0.6 is 0 Å². The van der Waals surface area contributed by atoms with E-state index in [9.17, 15) is 33.9 Å². The molecule has 182 valence electrons. The van der Waals surface area contributed by atoms with Gasteiger partial charge >= 0.3 is 11.9 Å². The smallest absolute Gasteiger partial charge is 0.326 e. The zero-order chi connectivity index (χ0) is 25.1. The van der Waals surface area contributed by atoms with Crippen LogP contribution in [0.3, 0.4) is 0 Å². The van der Waals surface area contributed by atoms with Crippen LogP contribution in [-0.4, -0.2) is 79.9 Å². The Morgan fingerprint density at radius 3 is 2.06 bits per heavy atom. The molecule has 1 rings (SSSR count). The SMILES string of the molecule is CC(N)C(=O)NC(Cc1cnc[nH]1)C(=O)NC(CC(=O)O)C(=O)NC(CCC(N)=O)C(=O)O. The largest absolute Gasteiger partial charge is 0.481 e. The van der Waals surface area contributed by atoms with Gasteiger partial charge in [0.25, 0.3) is 0 Å². The van der Waals surface area contributed by atoms with E-state index < -0.39 is 66.2 Å². The molecule has 0 saturated heterocycles. The third-order valence-corrected chi connectivity index (χ3v) is 4.33. The normalized spacial score (nSPS) is 14.2. The zero-order valence-electron chi connectivity index (χ0n) is 17.7. The van der Waals surface area contributed by atoms with Crippen molar-refractivity contribution in [3.63, 3.8) is 0 Å². The average Bonchev–Trinajstić information content (AvgIpc) is 3.22. The number of aliphatic carboxylic acids is 2. The van der Waals surface area contributed by atoms with Gasteiger partial charge in [0.05, 0.1) is 18.8 Å². The second kappa shape index (κ2) is 12.7. The number of carboxylic acid groups (broad SMARTS) is 2. The summed E-state index contributed by atoms with van der Waals surface area (Å²) in [5.41, 5.74) is 11.0. The molecule has 0 aliphatic rings. The first-order chi connectivity index (χ1) is 15.4. The quantitative estimate of drug-likeness (QED) is 0.134. The molecule has 1 aromatic rings. The lowest BCUT2D eigenvalue weighted by molar-refractivity contribution is -0.143. The van der Waals surface area contributed by atoms with E-state index in [2.05, 4.69) is 25.9 Å². The van der Waals surface area contributed by atoms with Crippen LogP contribution in [0.5, 0.6) is 0 Å². The van der Waals surface area contributed by atoms with Crippen molar-refractivity contribution in [2.24, 2.45) is 11.5 Å². The lowest BCUT2D eigenvalue weighted by atomic mass is 10.1. The maximum Gasteiger partial charge on any atom is 0.326 e. The van der Waals surface area contributed by atoms with Crippen LogP contribution < -0.4 is 27.4 Å². The number of nitrogens with two attached hydrogens (primary N) is 2. The highest BCUT2D eigenvalue weighted by atomic mass is 16.4. The summed E-state index contributed by atoms with van der Waals surface area (Å²) in [6.07, 6.45) is 1.10.